The molecule has 0 unspecified atom stereocenters. The number of amides is 1. The summed E-state index contributed by atoms with van der Waals surface area (Å²) in [7, 11) is 0. The minimum absolute atomic E-state index is 0.130. The van der Waals surface area contributed by atoms with E-state index in [1.807, 2.05) is 31.2 Å². The van der Waals surface area contributed by atoms with Gasteiger partial charge in [-0.2, -0.15) is 5.10 Å². The van der Waals surface area contributed by atoms with Crippen LogP contribution in [0.5, 0.6) is 11.5 Å². The van der Waals surface area contributed by atoms with E-state index in [1.54, 1.807) is 54.6 Å². The number of hydrogen-bond donors (Lipinski definition) is 1. The molecular weight excluding hydrogens is 368 g/mol. The van der Waals surface area contributed by atoms with Crippen LogP contribution in [0, 0.1) is 6.92 Å². The Morgan fingerprint density at radius 2 is 1.69 bits per heavy atom. The second-order valence-corrected chi connectivity index (χ2v) is 6.22. The summed E-state index contributed by atoms with van der Waals surface area (Å²) in [5.41, 5.74) is 4.68. The van der Waals surface area contributed by atoms with Crippen molar-refractivity contribution in [2.75, 3.05) is 6.61 Å². The van der Waals surface area contributed by atoms with Crippen molar-refractivity contribution in [1.82, 2.24) is 5.43 Å². The average molecular weight is 388 g/mol. The molecule has 6 heteroatoms. The molecule has 0 aliphatic rings. The van der Waals surface area contributed by atoms with Crippen LogP contribution in [0.3, 0.4) is 0 Å². The topological polar surface area (TPSA) is 77.0 Å². The maximum absolute atomic E-state index is 12.0. The molecule has 3 aromatic carbocycles. The summed E-state index contributed by atoms with van der Waals surface area (Å²) >= 11 is 0. The Balaban J connectivity index is 1.46. The van der Waals surface area contributed by atoms with Crippen molar-refractivity contribution in [3.05, 3.63) is 95.6 Å². The maximum Gasteiger partial charge on any atom is 0.343 e. The van der Waals surface area contributed by atoms with Crippen LogP contribution in [-0.2, 0) is 4.79 Å². The van der Waals surface area contributed by atoms with Gasteiger partial charge in [-0.05, 0) is 66.6 Å². The molecule has 1 amide bonds. The van der Waals surface area contributed by atoms with Crippen molar-refractivity contribution in [1.29, 1.82) is 0 Å². The fourth-order valence-electron chi connectivity index (χ4n) is 2.43. The van der Waals surface area contributed by atoms with Gasteiger partial charge in [0, 0.05) is 0 Å². The first-order valence-electron chi connectivity index (χ1n) is 8.99. The molecule has 6 nitrogen and oxygen atoms in total. The number of hydrazone groups is 1. The largest absolute Gasteiger partial charge is 0.484 e. The van der Waals surface area contributed by atoms with Crippen LogP contribution in [0.15, 0.2) is 84.0 Å². The minimum Gasteiger partial charge on any atom is -0.484 e. The lowest BCUT2D eigenvalue weighted by atomic mass is 10.2. The van der Waals surface area contributed by atoms with E-state index < -0.39 is 5.97 Å². The second-order valence-electron chi connectivity index (χ2n) is 6.22. The zero-order valence-electron chi connectivity index (χ0n) is 15.9. The molecule has 0 bridgehead atoms. The third-order valence-corrected chi connectivity index (χ3v) is 3.86. The standard InChI is InChI=1S/C23H20N2O4/c1-17-6-5-9-21(14-17)28-16-22(26)25-24-15-18-10-12-20(13-11-18)29-23(27)19-7-3-2-4-8-19/h2-15H,16H2,1H3,(H,25,26)/b24-15-. The molecule has 0 fully saturated rings. The third-order valence-electron chi connectivity index (χ3n) is 3.86. The highest BCUT2D eigenvalue weighted by molar-refractivity contribution is 5.91. The van der Waals surface area contributed by atoms with Crippen molar-refractivity contribution < 1.29 is 19.1 Å². The molecule has 0 heterocycles. The van der Waals surface area contributed by atoms with Gasteiger partial charge in [-0.3, -0.25) is 4.79 Å². The monoisotopic (exact) mass is 388 g/mol. The predicted octanol–water partition coefficient (Wildman–Crippen LogP) is 3.74. The van der Waals surface area contributed by atoms with Gasteiger partial charge in [0.2, 0.25) is 0 Å². The summed E-state index contributed by atoms with van der Waals surface area (Å²) < 4.78 is 10.7. The highest BCUT2D eigenvalue weighted by Gasteiger charge is 2.07. The van der Waals surface area contributed by atoms with E-state index >= 15 is 0 Å². The van der Waals surface area contributed by atoms with Gasteiger partial charge in [0.05, 0.1) is 11.8 Å². The van der Waals surface area contributed by atoms with E-state index in [0.29, 0.717) is 17.1 Å². The number of esters is 1. The highest BCUT2D eigenvalue weighted by atomic mass is 16.5. The first-order valence-corrected chi connectivity index (χ1v) is 8.99. The van der Waals surface area contributed by atoms with E-state index in [-0.39, 0.29) is 12.5 Å². The Labute approximate surface area is 168 Å². The zero-order valence-corrected chi connectivity index (χ0v) is 15.9. The Hall–Kier alpha value is -3.93. The fraction of sp³-hybridized carbons (Fsp3) is 0.0870. The molecule has 146 valence electrons. The number of ether oxygens (including phenoxy) is 2. The van der Waals surface area contributed by atoms with Crippen molar-refractivity contribution in [3.8, 4) is 11.5 Å². The number of carbonyl (C=O) groups is 2. The first-order chi connectivity index (χ1) is 14.1. The number of nitrogens with zero attached hydrogens (tertiary/aromatic N) is 1. The van der Waals surface area contributed by atoms with Crippen molar-refractivity contribution in [2.45, 2.75) is 6.92 Å². The molecule has 29 heavy (non-hydrogen) atoms. The Morgan fingerprint density at radius 1 is 0.931 bits per heavy atom. The molecule has 3 rings (SSSR count). The molecule has 1 N–H and O–H groups in total. The quantitative estimate of drug-likeness (QED) is 0.289. The molecular formula is C23H20N2O4. The number of rotatable bonds is 7. The van der Waals surface area contributed by atoms with Crippen LogP contribution in [0.2, 0.25) is 0 Å². The molecule has 0 spiro atoms. The molecule has 0 atom stereocenters. The van der Waals surface area contributed by atoms with Crippen LogP contribution in [0.1, 0.15) is 21.5 Å². The van der Waals surface area contributed by atoms with Gasteiger partial charge in [0.15, 0.2) is 6.61 Å². The molecule has 0 aromatic heterocycles. The van der Waals surface area contributed by atoms with Crippen LogP contribution < -0.4 is 14.9 Å². The smallest absolute Gasteiger partial charge is 0.343 e. The summed E-state index contributed by atoms with van der Waals surface area (Å²) in [4.78, 5) is 23.8. The van der Waals surface area contributed by atoms with E-state index in [0.717, 1.165) is 11.1 Å². The van der Waals surface area contributed by atoms with Gasteiger partial charge in [0.1, 0.15) is 11.5 Å². The van der Waals surface area contributed by atoms with Gasteiger partial charge in [-0.25, -0.2) is 10.2 Å². The molecule has 0 saturated carbocycles. The van der Waals surface area contributed by atoms with Crippen LogP contribution in [-0.4, -0.2) is 24.7 Å². The normalized spacial score (nSPS) is 10.5. The maximum atomic E-state index is 12.0. The summed E-state index contributed by atoms with van der Waals surface area (Å²) in [6, 6.07) is 23.0. The van der Waals surface area contributed by atoms with E-state index in [1.165, 1.54) is 6.21 Å². The van der Waals surface area contributed by atoms with Gasteiger partial charge < -0.3 is 9.47 Å². The summed E-state index contributed by atoms with van der Waals surface area (Å²) in [5.74, 6) is 0.264. The zero-order chi connectivity index (χ0) is 20.5. The van der Waals surface area contributed by atoms with Crippen LogP contribution >= 0.6 is 0 Å². The summed E-state index contributed by atoms with van der Waals surface area (Å²) in [6.45, 7) is 1.82. The molecule has 3 aromatic rings. The molecule has 0 aliphatic heterocycles. The minimum atomic E-state index is -0.423. The lowest BCUT2D eigenvalue weighted by molar-refractivity contribution is -0.123. The number of carbonyl (C=O) groups excluding carboxylic acids is 2. The van der Waals surface area contributed by atoms with Crippen LogP contribution in [0.4, 0.5) is 0 Å². The van der Waals surface area contributed by atoms with Crippen molar-refractivity contribution >= 4 is 18.1 Å². The van der Waals surface area contributed by atoms with E-state index in [9.17, 15) is 9.59 Å². The average Bonchev–Trinajstić information content (AvgIpc) is 2.74. The van der Waals surface area contributed by atoms with Gasteiger partial charge in [-0.1, -0.05) is 30.3 Å². The SMILES string of the molecule is Cc1cccc(OCC(=O)N/N=C\c2ccc(OC(=O)c3ccccc3)cc2)c1. The predicted molar refractivity (Wildman–Crippen MR) is 110 cm³/mol. The Kier molecular flexibility index (Phi) is 6.73. The number of hydrogen-bond acceptors (Lipinski definition) is 5. The van der Waals surface area contributed by atoms with Crippen molar-refractivity contribution in [2.24, 2.45) is 5.10 Å². The fourth-order valence-corrected chi connectivity index (χ4v) is 2.43. The molecule has 0 saturated heterocycles. The lowest BCUT2D eigenvalue weighted by Crippen LogP contribution is -2.24. The number of nitrogens with one attached hydrogen (secondary N) is 1. The first kappa shape index (κ1) is 19.8. The van der Waals surface area contributed by atoms with Gasteiger partial charge >= 0.3 is 5.97 Å². The highest BCUT2D eigenvalue weighted by Crippen LogP contribution is 2.14. The lowest BCUT2D eigenvalue weighted by Gasteiger charge is -2.05. The number of aryl methyl sites for hydroxylation is 1. The number of benzene rings is 3. The van der Waals surface area contributed by atoms with Gasteiger partial charge in [-0.15, -0.1) is 0 Å². The van der Waals surface area contributed by atoms with Crippen molar-refractivity contribution in [3.63, 3.8) is 0 Å². The Morgan fingerprint density at radius 3 is 2.41 bits per heavy atom. The second kappa shape index (κ2) is 9.85. The van der Waals surface area contributed by atoms with E-state index in [4.69, 9.17) is 9.47 Å². The summed E-state index contributed by atoms with van der Waals surface area (Å²) in [5, 5.41) is 3.90. The third kappa shape index (κ3) is 6.32. The Bertz CT molecular complexity index is 999. The van der Waals surface area contributed by atoms with Gasteiger partial charge in [0.25, 0.3) is 5.91 Å². The van der Waals surface area contributed by atoms with E-state index in [2.05, 4.69) is 10.5 Å². The summed E-state index contributed by atoms with van der Waals surface area (Å²) in [6.07, 6.45) is 1.49. The molecule has 0 radical (unpaired) electrons. The van der Waals surface area contributed by atoms with Crippen LogP contribution in [0.25, 0.3) is 0 Å². The molecule has 0 aliphatic carbocycles.